The number of H-pyrrole nitrogens is 1. The Morgan fingerprint density at radius 1 is 1.31 bits per heavy atom. The van der Waals surface area contributed by atoms with Crippen LogP contribution in [0.25, 0.3) is 11.0 Å². The monoisotopic (exact) mass is 374 g/mol. The van der Waals surface area contributed by atoms with Crippen molar-refractivity contribution < 1.29 is 4.74 Å². The zero-order chi connectivity index (χ0) is 18.2. The molecular formula is C20H30N4OS. The van der Waals surface area contributed by atoms with Crippen LogP contribution in [0.3, 0.4) is 0 Å². The molecule has 2 N–H and O–H groups in total. The summed E-state index contributed by atoms with van der Waals surface area (Å²) in [5.74, 6) is 1.00. The molecule has 1 aromatic carbocycles. The number of imidazole rings is 1. The molecule has 0 aliphatic heterocycles. The molecular weight excluding hydrogens is 344 g/mol. The quantitative estimate of drug-likeness (QED) is 0.546. The number of hydrogen-bond acceptors (Lipinski definition) is 3. The van der Waals surface area contributed by atoms with E-state index in [1.165, 1.54) is 32.1 Å². The van der Waals surface area contributed by atoms with Crippen LogP contribution in [0.1, 0.15) is 44.3 Å². The molecule has 1 aliphatic carbocycles. The van der Waals surface area contributed by atoms with Gasteiger partial charge in [-0.3, -0.25) is 0 Å². The third-order valence-corrected chi connectivity index (χ3v) is 5.48. The normalized spacial score (nSPS) is 15.3. The molecule has 3 rings (SSSR count). The molecule has 0 saturated heterocycles. The van der Waals surface area contributed by atoms with E-state index in [-0.39, 0.29) is 0 Å². The van der Waals surface area contributed by atoms with E-state index < -0.39 is 0 Å². The van der Waals surface area contributed by atoms with E-state index in [0.29, 0.717) is 6.04 Å². The van der Waals surface area contributed by atoms with E-state index in [1.54, 1.807) is 7.11 Å². The smallest absolute Gasteiger partial charge is 0.169 e. The second-order valence-electron chi connectivity index (χ2n) is 7.01. The minimum absolute atomic E-state index is 0.576. The second kappa shape index (κ2) is 9.88. The molecule has 26 heavy (non-hydrogen) atoms. The molecule has 0 radical (unpaired) electrons. The molecule has 1 aliphatic rings. The zero-order valence-electron chi connectivity index (χ0n) is 15.7. The molecule has 1 aromatic heterocycles. The van der Waals surface area contributed by atoms with Crippen LogP contribution in [-0.2, 0) is 11.2 Å². The first-order valence-corrected chi connectivity index (χ1v) is 10.2. The highest BCUT2D eigenvalue weighted by Crippen LogP contribution is 2.23. The number of para-hydroxylation sites is 2. The number of aromatic nitrogens is 2. The van der Waals surface area contributed by atoms with Crippen molar-refractivity contribution in [1.82, 2.24) is 20.2 Å². The van der Waals surface area contributed by atoms with E-state index in [1.807, 2.05) is 18.2 Å². The minimum Gasteiger partial charge on any atom is -0.385 e. The number of rotatable bonds is 8. The van der Waals surface area contributed by atoms with Gasteiger partial charge in [-0.1, -0.05) is 31.4 Å². The third-order valence-electron chi connectivity index (χ3n) is 5.10. The SMILES string of the molecule is COCCCN(C(=S)NCCc1nc2ccccc2[nH]1)C1CCCCC1. The maximum atomic E-state index is 5.73. The van der Waals surface area contributed by atoms with Gasteiger partial charge in [-0.25, -0.2) is 4.98 Å². The first-order valence-electron chi connectivity index (χ1n) is 9.75. The van der Waals surface area contributed by atoms with Crippen molar-refractivity contribution in [3.63, 3.8) is 0 Å². The zero-order valence-corrected chi connectivity index (χ0v) is 16.5. The van der Waals surface area contributed by atoms with Crippen LogP contribution in [-0.4, -0.2) is 52.8 Å². The van der Waals surface area contributed by atoms with Crippen molar-refractivity contribution in [2.24, 2.45) is 0 Å². The Morgan fingerprint density at radius 2 is 2.12 bits per heavy atom. The van der Waals surface area contributed by atoms with Crippen molar-refractivity contribution in [1.29, 1.82) is 0 Å². The number of methoxy groups -OCH3 is 1. The van der Waals surface area contributed by atoms with Crippen LogP contribution in [0.2, 0.25) is 0 Å². The lowest BCUT2D eigenvalue weighted by Crippen LogP contribution is -2.47. The molecule has 5 nitrogen and oxygen atoms in total. The molecule has 0 atom stereocenters. The summed E-state index contributed by atoms with van der Waals surface area (Å²) in [4.78, 5) is 10.4. The van der Waals surface area contributed by atoms with Gasteiger partial charge in [0.1, 0.15) is 5.82 Å². The second-order valence-corrected chi connectivity index (χ2v) is 7.40. The Bertz CT molecular complexity index is 663. The largest absolute Gasteiger partial charge is 0.385 e. The maximum absolute atomic E-state index is 5.73. The first kappa shape index (κ1) is 19.1. The maximum Gasteiger partial charge on any atom is 0.169 e. The molecule has 2 aromatic rings. The van der Waals surface area contributed by atoms with Crippen molar-refractivity contribution >= 4 is 28.4 Å². The topological polar surface area (TPSA) is 53.2 Å². The van der Waals surface area contributed by atoms with Gasteiger partial charge in [-0.05, 0) is 43.6 Å². The fourth-order valence-corrected chi connectivity index (χ4v) is 4.08. The van der Waals surface area contributed by atoms with Crippen LogP contribution >= 0.6 is 12.2 Å². The molecule has 1 fully saturated rings. The van der Waals surface area contributed by atoms with Crippen LogP contribution in [0.4, 0.5) is 0 Å². The Balaban J connectivity index is 1.52. The molecule has 0 bridgehead atoms. The van der Waals surface area contributed by atoms with Gasteiger partial charge in [0.25, 0.3) is 0 Å². The number of thiocarbonyl (C=S) groups is 1. The lowest BCUT2D eigenvalue weighted by molar-refractivity contribution is 0.170. The average Bonchev–Trinajstić information content (AvgIpc) is 3.08. The van der Waals surface area contributed by atoms with Gasteiger partial charge in [0.2, 0.25) is 0 Å². The summed E-state index contributed by atoms with van der Waals surface area (Å²) >= 11 is 5.73. The summed E-state index contributed by atoms with van der Waals surface area (Å²) in [6, 6.07) is 8.72. The number of hydrogen-bond donors (Lipinski definition) is 2. The molecule has 0 unspecified atom stereocenters. The standard InChI is InChI=1S/C20H30N4OS/c1-25-15-7-14-24(16-8-3-2-4-9-16)20(26)21-13-12-19-22-17-10-5-6-11-18(17)23-19/h5-6,10-11,16H,2-4,7-9,12-15H2,1H3,(H,21,26)(H,22,23). The molecule has 0 amide bonds. The van der Waals surface area contributed by atoms with Gasteiger partial charge >= 0.3 is 0 Å². The van der Waals surface area contributed by atoms with E-state index in [2.05, 4.69) is 26.3 Å². The van der Waals surface area contributed by atoms with Crippen LogP contribution < -0.4 is 5.32 Å². The highest BCUT2D eigenvalue weighted by Gasteiger charge is 2.22. The number of ether oxygens (including phenoxy) is 1. The highest BCUT2D eigenvalue weighted by molar-refractivity contribution is 7.80. The Hall–Kier alpha value is -1.66. The summed E-state index contributed by atoms with van der Waals surface area (Å²) in [5, 5.41) is 4.34. The predicted molar refractivity (Wildman–Crippen MR) is 110 cm³/mol. The van der Waals surface area contributed by atoms with Gasteiger partial charge in [0.05, 0.1) is 11.0 Å². The summed E-state index contributed by atoms with van der Waals surface area (Å²) in [6.45, 7) is 2.55. The van der Waals surface area contributed by atoms with E-state index in [0.717, 1.165) is 54.5 Å². The van der Waals surface area contributed by atoms with E-state index >= 15 is 0 Å². The summed E-state index contributed by atoms with van der Waals surface area (Å²) < 4.78 is 5.22. The van der Waals surface area contributed by atoms with Crippen molar-refractivity contribution in [2.75, 3.05) is 26.8 Å². The third kappa shape index (κ3) is 5.17. The average molecular weight is 375 g/mol. The lowest BCUT2D eigenvalue weighted by Gasteiger charge is -2.36. The number of nitrogens with zero attached hydrogens (tertiary/aromatic N) is 2. The molecule has 1 saturated carbocycles. The van der Waals surface area contributed by atoms with Crippen molar-refractivity contribution in [3.05, 3.63) is 30.1 Å². The van der Waals surface area contributed by atoms with Crippen LogP contribution in [0, 0.1) is 0 Å². The van der Waals surface area contributed by atoms with Gasteiger partial charge in [-0.15, -0.1) is 0 Å². The number of aromatic amines is 1. The fourth-order valence-electron chi connectivity index (χ4n) is 3.74. The summed E-state index contributed by atoms with van der Waals surface area (Å²) in [6.07, 6.45) is 8.33. The summed E-state index contributed by atoms with van der Waals surface area (Å²) in [7, 11) is 1.76. The minimum atomic E-state index is 0.576. The van der Waals surface area contributed by atoms with Gasteiger partial charge in [0.15, 0.2) is 5.11 Å². The predicted octanol–water partition coefficient (Wildman–Crippen LogP) is 3.65. The summed E-state index contributed by atoms with van der Waals surface area (Å²) in [5.41, 5.74) is 2.11. The Kier molecular flexibility index (Phi) is 7.26. The highest BCUT2D eigenvalue weighted by atomic mass is 32.1. The van der Waals surface area contributed by atoms with Crippen LogP contribution in [0.15, 0.2) is 24.3 Å². The number of nitrogens with one attached hydrogen (secondary N) is 2. The number of benzene rings is 1. The van der Waals surface area contributed by atoms with E-state index in [4.69, 9.17) is 17.0 Å². The fraction of sp³-hybridized carbons (Fsp3) is 0.600. The molecule has 142 valence electrons. The van der Waals surface area contributed by atoms with Gasteiger partial charge in [0, 0.05) is 39.3 Å². The Morgan fingerprint density at radius 3 is 2.88 bits per heavy atom. The molecule has 0 spiro atoms. The first-order chi connectivity index (χ1) is 12.8. The number of fused-ring (bicyclic) bond motifs is 1. The van der Waals surface area contributed by atoms with Gasteiger partial charge in [-0.2, -0.15) is 0 Å². The Labute approximate surface area is 161 Å². The van der Waals surface area contributed by atoms with Gasteiger partial charge < -0.3 is 19.9 Å². The van der Waals surface area contributed by atoms with Crippen molar-refractivity contribution in [3.8, 4) is 0 Å². The van der Waals surface area contributed by atoms with Crippen LogP contribution in [0.5, 0.6) is 0 Å². The van der Waals surface area contributed by atoms with Crippen molar-refractivity contribution in [2.45, 2.75) is 51.0 Å². The molecule has 6 heteroatoms. The lowest BCUT2D eigenvalue weighted by atomic mass is 9.94. The molecule has 1 heterocycles. The van der Waals surface area contributed by atoms with E-state index in [9.17, 15) is 0 Å².